The van der Waals surface area contributed by atoms with Crippen molar-refractivity contribution in [3.8, 4) is 0 Å². The third-order valence-corrected chi connectivity index (χ3v) is 4.85. The SMILES string of the molecule is O=C(/C=C/c1ccccc1)NCC(=O)N1CCN(c2ncc(Cl)cc2Cl)CC1. The molecule has 8 heteroatoms. The molecule has 6 nitrogen and oxygen atoms in total. The summed E-state index contributed by atoms with van der Waals surface area (Å²) in [4.78, 5) is 32.2. The number of anilines is 1. The molecule has 28 heavy (non-hydrogen) atoms. The van der Waals surface area contributed by atoms with Crippen molar-refractivity contribution in [3.05, 3.63) is 64.3 Å². The van der Waals surface area contributed by atoms with E-state index in [-0.39, 0.29) is 18.4 Å². The Balaban J connectivity index is 1.45. The van der Waals surface area contributed by atoms with E-state index in [0.717, 1.165) is 5.56 Å². The molecule has 1 aliphatic rings. The fourth-order valence-corrected chi connectivity index (χ4v) is 3.38. The van der Waals surface area contributed by atoms with E-state index >= 15 is 0 Å². The molecule has 1 aromatic carbocycles. The number of nitrogens with one attached hydrogen (secondary N) is 1. The molecule has 0 aliphatic carbocycles. The number of nitrogens with zero attached hydrogens (tertiary/aromatic N) is 3. The van der Waals surface area contributed by atoms with Crippen LogP contribution < -0.4 is 10.2 Å². The average molecular weight is 419 g/mol. The van der Waals surface area contributed by atoms with E-state index in [0.29, 0.717) is 42.0 Å². The minimum Gasteiger partial charge on any atom is -0.352 e. The normalized spacial score (nSPS) is 14.4. The minimum absolute atomic E-state index is 0.0298. The van der Waals surface area contributed by atoms with Gasteiger partial charge in [-0.25, -0.2) is 4.98 Å². The highest BCUT2D eigenvalue weighted by Crippen LogP contribution is 2.26. The zero-order valence-corrected chi connectivity index (χ0v) is 16.7. The molecule has 1 fully saturated rings. The summed E-state index contributed by atoms with van der Waals surface area (Å²) < 4.78 is 0. The molecule has 1 N–H and O–H groups in total. The lowest BCUT2D eigenvalue weighted by Gasteiger charge is -2.35. The van der Waals surface area contributed by atoms with Gasteiger partial charge in [-0.05, 0) is 17.7 Å². The number of benzene rings is 1. The second kappa shape index (κ2) is 9.57. The van der Waals surface area contributed by atoms with Gasteiger partial charge in [0.1, 0.15) is 5.82 Å². The van der Waals surface area contributed by atoms with Gasteiger partial charge in [-0.2, -0.15) is 0 Å². The molecule has 0 unspecified atom stereocenters. The van der Waals surface area contributed by atoms with Gasteiger partial charge in [0.15, 0.2) is 0 Å². The number of amides is 2. The highest BCUT2D eigenvalue weighted by atomic mass is 35.5. The summed E-state index contributed by atoms with van der Waals surface area (Å²) >= 11 is 12.1. The van der Waals surface area contributed by atoms with Gasteiger partial charge in [0.25, 0.3) is 0 Å². The lowest BCUT2D eigenvalue weighted by molar-refractivity contribution is -0.132. The van der Waals surface area contributed by atoms with E-state index in [9.17, 15) is 9.59 Å². The van der Waals surface area contributed by atoms with Crippen LogP contribution in [0, 0.1) is 0 Å². The first-order valence-corrected chi connectivity index (χ1v) is 9.63. The van der Waals surface area contributed by atoms with Crippen LogP contribution in [-0.2, 0) is 9.59 Å². The minimum atomic E-state index is -0.298. The molecule has 0 bridgehead atoms. The van der Waals surface area contributed by atoms with Crippen molar-refractivity contribution in [1.82, 2.24) is 15.2 Å². The van der Waals surface area contributed by atoms with Gasteiger partial charge in [-0.1, -0.05) is 53.5 Å². The zero-order valence-electron chi connectivity index (χ0n) is 15.1. The summed E-state index contributed by atoms with van der Waals surface area (Å²) in [5.41, 5.74) is 0.926. The highest BCUT2D eigenvalue weighted by Gasteiger charge is 2.23. The number of carbonyl (C=O) groups excluding carboxylic acids is 2. The van der Waals surface area contributed by atoms with Crippen LogP contribution >= 0.6 is 23.2 Å². The Morgan fingerprint density at radius 1 is 1.11 bits per heavy atom. The molecular weight excluding hydrogens is 399 g/mol. The quantitative estimate of drug-likeness (QED) is 0.758. The van der Waals surface area contributed by atoms with Crippen LogP contribution in [0.2, 0.25) is 10.0 Å². The van der Waals surface area contributed by atoms with E-state index in [1.54, 1.807) is 23.2 Å². The number of hydrogen-bond donors (Lipinski definition) is 1. The number of piperazine rings is 1. The third-order valence-electron chi connectivity index (χ3n) is 4.36. The number of halogens is 2. The summed E-state index contributed by atoms with van der Waals surface area (Å²) in [5, 5.41) is 3.61. The number of hydrogen-bond acceptors (Lipinski definition) is 4. The fraction of sp³-hybridized carbons (Fsp3) is 0.250. The highest BCUT2D eigenvalue weighted by molar-refractivity contribution is 6.36. The van der Waals surface area contributed by atoms with Crippen molar-refractivity contribution in [2.24, 2.45) is 0 Å². The fourth-order valence-electron chi connectivity index (χ4n) is 2.88. The third kappa shape index (κ3) is 5.47. The Morgan fingerprint density at radius 3 is 2.50 bits per heavy atom. The number of carbonyl (C=O) groups is 2. The molecule has 1 saturated heterocycles. The van der Waals surface area contributed by atoms with Crippen LogP contribution in [0.1, 0.15) is 5.56 Å². The summed E-state index contributed by atoms with van der Waals surface area (Å²) in [6.07, 6.45) is 4.69. The monoisotopic (exact) mass is 418 g/mol. The Morgan fingerprint density at radius 2 is 1.82 bits per heavy atom. The number of aromatic nitrogens is 1. The predicted octanol–water partition coefficient (Wildman–Crippen LogP) is 2.87. The molecule has 0 atom stereocenters. The standard InChI is InChI=1S/C20H20Cl2N4O2/c21-16-12-17(22)20(24-13-16)26-10-8-25(9-11-26)19(28)14-23-18(27)7-6-15-4-2-1-3-5-15/h1-7,12-13H,8-11,14H2,(H,23,27)/b7-6+. The van der Waals surface area contributed by atoms with Crippen LogP contribution in [0.4, 0.5) is 5.82 Å². The smallest absolute Gasteiger partial charge is 0.244 e. The van der Waals surface area contributed by atoms with Gasteiger partial charge in [0.2, 0.25) is 11.8 Å². The topological polar surface area (TPSA) is 65.5 Å². The van der Waals surface area contributed by atoms with Gasteiger partial charge in [0.05, 0.1) is 16.6 Å². The van der Waals surface area contributed by atoms with Crippen LogP contribution in [0.3, 0.4) is 0 Å². The molecule has 2 heterocycles. The van der Waals surface area contributed by atoms with Gasteiger partial charge in [0, 0.05) is 38.5 Å². The van der Waals surface area contributed by atoms with Crippen molar-refractivity contribution >= 4 is 46.9 Å². The molecule has 0 radical (unpaired) electrons. The summed E-state index contributed by atoms with van der Waals surface area (Å²) in [5.74, 6) is 0.252. The van der Waals surface area contributed by atoms with Crippen LogP contribution in [0.25, 0.3) is 6.08 Å². The summed E-state index contributed by atoms with van der Waals surface area (Å²) in [6, 6.07) is 11.2. The largest absolute Gasteiger partial charge is 0.352 e. The molecule has 2 aromatic rings. The molecule has 0 saturated carbocycles. The van der Waals surface area contributed by atoms with Gasteiger partial charge in [-0.3, -0.25) is 9.59 Å². The Labute approximate surface area is 173 Å². The summed E-state index contributed by atoms with van der Waals surface area (Å²) in [6.45, 7) is 2.27. The van der Waals surface area contributed by atoms with Crippen molar-refractivity contribution in [2.45, 2.75) is 0 Å². The Kier molecular flexibility index (Phi) is 6.90. The van der Waals surface area contributed by atoms with Crippen molar-refractivity contribution in [1.29, 1.82) is 0 Å². The maximum Gasteiger partial charge on any atom is 0.244 e. The molecule has 146 valence electrons. The maximum atomic E-state index is 12.3. The van der Waals surface area contributed by atoms with Gasteiger partial charge in [-0.15, -0.1) is 0 Å². The van der Waals surface area contributed by atoms with Crippen molar-refractivity contribution < 1.29 is 9.59 Å². The van der Waals surface area contributed by atoms with Crippen LogP contribution in [-0.4, -0.2) is 54.4 Å². The first kappa shape index (κ1) is 20.2. The van der Waals surface area contributed by atoms with E-state index in [1.807, 2.05) is 35.2 Å². The van der Waals surface area contributed by atoms with E-state index < -0.39 is 0 Å². The molecule has 3 rings (SSSR count). The van der Waals surface area contributed by atoms with Crippen molar-refractivity contribution in [3.63, 3.8) is 0 Å². The first-order valence-electron chi connectivity index (χ1n) is 8.87. The van der Waals surface area contributed by atoms with E-state index in [1.165, 1.54) is 6.08 Å². The lowest BCUT2D eigenvalue weighted by atomic mass is 10.2. The van der Waals surface area contributed by atoms with E-state index in [4.69, 9.17) is 23.2 Å². The van der Waals surface area contributed by atoms with Crippen LogP contribution in [0.5, 0.6) is 0 Å². The van der Waals surface area contributed by atoms with E-state index in [2.05, 4.69) is 10.3 Å². The van der Waals surface area contributed by atoms with Crippen LogP contribution in [0.15, 0.2) is 48.7 Å². The molecular formula is C20H20Cl2N4O2. The second-order valence-electron chi connectivity index (χ2n) is 6.29. The number of pyridine rings is 1. The maximum absolute atomic E-state index is 12.3. The Hall–Kier alpha value is -2.57. The summed E-state index contributed by atoms with van der Waals surface area (Å²) in [7, 11) is 0. The predicted molar refractivity (Wildman–Crippen MR) is 112 cm³/mol. The lowest BCUT2D eigenvalue weighted by Crippen LogP contribution is -2.51. The molecule has 0 spiro atoms. The number of rotatable bonds is 5. The average Bonchev–Trinajstić information content (AvgIpc) is 2.71. The van der Waals surface area contributed by atoms with Gasteiger partial charge >= 0.3 is 0 Å². The second-order valence-corrected chi connectivity index (χ2v) is 7.13. The molecule has 1 aromatic heterocycles. The zero-order chi connectivity index (χ0) is 19.9. The molecule has 2 amide bonds. The Bertz CT molecular complexity index is 866. The van der Waals surface area contributed by atoms with Gasteiger partial charge < -0.3 is 15.1 Å². The first-order chi connectivity index (χ1) is 13.5. The molecule has 1 aliphatic heterocycles. The van der Waals surface area contributed by atoms with Crippen molar-refractivity contribution in [2.75, 3.05) is 37.6 Å².